The average Bonchev–Trinajstić information content (AvgIpc) is 2.83. The summed E-state index contributed by atoms with van der Waals surface area (Å²) in [5.74, 6) is -2.21. The van der Waals surface area contributed by atoms with E-state index in [1.54, 1.807) is 20.8 Å². The number of ether oxygens (including phenoxy) is 2. The molecule has 1 fully saturated rings. The topological polar surface area (TPSA) is 38.8 Å². The number of nitrogens with zero attached hydrogens (tertiary/aromatic N) is 1. The molecule has 0 spiro atoms. The molecule has 0 aromatic heterocycles. The van der Waals surface area contributed by atoms with Crippen LogP contribution in [0, 0.1) is 11.6 Å². The van der Waals surface area contributed by atoms with Crippen LogP contribution >= 0.6 is 0 Å². The fourth-order valence-electron chi connectivity index (χ4n) is 2.69. The molecule has 1 aromatic carbocycles. The van der Waals surface area contributed by atoms with Gasteiger partial charge in [-0.1, -0.05) is 12.1 Å². The van der Waals surface area contributed by atoms with Gasteiger partial charge in [-0.05, 0) is 38.8 Å². The van der Waals surface area contributed by atoms with Crippen molar-refractivity contribution in [3.05, 3.63) is 35.4 Å². The van der Waals surface area contributed by atoms with Gasteiger partial charge < -0.3 is 9.47 Å². The lowest BCUT2D eigenvalue weighted by Gasteiger charge is -2.29. The third-order valence-electron chi connectivity index (χ3n) is 3.58. The lowest BCUT2D eigenvalue weighted by Crippen LogP contribution is -2.42. The first-order chi connectivity index (χ1) is 10.2. The third-order valence-corrected chi connectivity index (χ3v) is 3.58. The summed E-state index contributed by atoms with van der Waals surface area (Å²) in [5, 5.41) is 0. The van der Waals surface area contributed by atoms with Crippen LogP contribution in [0.25, 0.3) is 0 Å². The zero-order chi connectivity index (χ0) is 16.5. The van der Waals surface area contributed by atoms with Gasteiger partial charge in [0.15, 0.2) is 11.6 Å². The third kappa shape index (κ3) is 3.38. The number of hydrogen-bond donors (Lipinski definition) is 0. The van der Waals surface area contributed by atoms with Gasteiger partial charge >= 0.3 is 6.09 Å². The van der Waals surface area contributed by atoms with E-state index in [4.69, 9.17) is 9.47 Å². The van der Waals surface area contributed by atoms with Crippen molar-refractivity contribution in [1.82, 2.24) is 4.90 Å². The molecule has 1 unspecified atom stereocenters. The Balaban J connectivity index is 2.23. The van der Waals surface area contributed by atoms with Crippen LogP contribution in [0.15, 0.2) is 18.2 Å². The summed E-state index contributed by atoms with van der Waals surface area (Å²) in [4.78, 5) is 13.6. The second-order valence-electron chi connectivity index (χ2n) is 6.34. The molecule has 1 aliphatic heterocycles. The number of halogens is 2. The highest BCUT2D eigenvalue weighted by Gasteiger charge is 2.41. The van der Waals surface area contributed by atoms with Gasteiger partial charge in [0, 0.05) is 19.6 Å². The first-order valence-corrected chi connectivity index (χ1v) is 7.21. The van der Waals surface area contributed by atoms with Gasteiger partial charge in [0.25, 0.3) is 0 Å². The number of amides is 1. The first kappa shape index (κ1) is 16.7. The molecule has 0 bridgehead atoms. The summed E-state index contributed by atoms with van der Waals surface area (Å²) in [5.41, 5.74) is -0.407. The van der Waals surface area contributed by atoms with Crippen molar-refractivity contribution in [1.29, 1.82) is 0 Å². The van der Waals surface area contributed by atoms with E-state index in [1.807, 2.05) is 0 Å². The van der Waals surface area contributed by atoms with Crippen molar-refractivity contribution >= 4 is 6.09 Å². The Morgan fingerprint density at radius 3 is 2.59 bits per heavy atom. The molecule has 122 valence electrons. The molecule has 1 heterocycles. The van der Waals surface area contributed by atoms with Crippen molar-refractivity contribution in [3.8, 4) is 0 Å². The Kier molecular flexibility index (Phi) is 4.70. The quantitative estimate of drug-likeness (QED) is 0.836. The molecule has 0 saturated carbocycles. The van der Waals surface area contributed by atoms with Gasteiger partial charge in [-0.25, -0.2) is 13.6 Å². The molecule has 4 nitrogen and oxygen atoms in total. The summed E-state index contributed by atoms with van der Waals surface area (Å²) >= 11 is 0. The summed E-state index contributed by atoms with van der Waals surface area (Å²) in [6.07, 6.45) is -0.706. The zero-order valence-electron chi connectivity index (χ0n) is 13.2. The highest BCUT2D eigenvalue weighted by molar-refractivity contribution is 5.69. The number of likely N-dealkylation sites (tertiary alicyclic amines) is 1. The number of methoxy groups -OCH3 is 1. The van der Waals surface area contributed by atoms with Crippen LogP contribution in [0.5, 0.6) is 0 Å². The maximum atomic E-state index is 14.0. The SMILES string of the molecule is CO[C@H]1C(c2cccc(F)c2F)CCN1C(=O)OC(C)(C)C. The molecule has 2 atom stereocenters. The number of carbonyl (C=O) groups excluding carboxylic acids is 1. The lowest BCUT2D eigenvalue weighted by atomic mass is 9.96. The van der Waals surface area contributed by atoms with Crippen LogP contribution in [0.1, 0.15) is 38.7 Å². The van der Waals surface area contributed by atoms with Crippen LogP contribution in [0.3, 0.4) is 0 Å². The van der Waals surface area contributed by atoms with Gasteiger partial charge in [-0.2, -0.15) is 0 Å². The van der Waals surface area contributed by atoms with E-state index in [0.29, 0.717) is 13.0 Å². The highest BCUT2D eigenvalue weighted by Crippen LogP contribution is 2.36. The highest BCUT2D eigenvalue weighted by atomic mass is 19.2. The molecule has 22 heavy (non-hydrogen) atoms. The first-order valence-electron chi connectivity index (χ1n) is 7.21. The molecule has 1 saturated heterocycles. The van der Waals surface area contributed by atoms with E-state index >= 15 is 0 Å². The smallest absolute Gasteiger partial charge is 0.412 e. The van der Waals surface area contributed by atoms with Gasteiger partial charge in [-0.15, -0.1) is 0 Å². The normalized spacial score (nSPS) is 22.0. The van der Waals surface area contributed by atoms with E-state index in [9.17, 15) is 13.6 Å². The number of carbonyl (C=O) groups is 1. The molecule has 2 rings (SSSR count). The van der Waals surface area contributed by atoms with E-state index in [2.05, 4.69) is 0 Å². The van der Waals surface area contributed by atoms with E-state index in [0.717, 1.165) is 6.07 Å². The largest absolute Gasteiger partial charge is 0.444 e. The fourth-order valence-corrected chi connectivity index (χ4v) is 2.69. The maximum Gasteiger partial charge on any atom is 0.412 e. The maximum absolute atomic E-state index is 14.0. The summed E-state index contributed by atoms with van der Waals surface area (Å²) in [7, 11) is 1.44. The Labute approximate surface area is 129 Å². The lowest BCUT2D eigenvalue weighted by molar-refractivity contribution is -0.0366. The van der Waals surface area contributed by atoms with Crippen molar-refractivity contribution in [2.45, 2.75) is 44.9 Å². The van der Waals surface area contributed by atoms with Crippen molar-refractivity contribution in [3.63, 3.8) is 0 Å². The Morgan fingerprint density at radius 1 is 1.32 bits per heavy atom. The molecule has 6 heteroatoms. The predicted molar refractivity (Wildman–Crippen MR) is 77.5 cm³/mol. The summed E-state index contributed by atoms with van der Waals surface area (Å²) in [6.45, 7) is 5.68. The molecule has 0 N–H and O–H groups in total. The number of benzene rings is 1. The minimum Gasteiger partial charge on any atom is -0.444 e. The second-order valence-corrected chi connectivity index (χ2v) is 6.34. The molecule has 1 amide bonds. The molecule has 0 radical (unpaired) electrons. The predicted octanol–water partition coefficient (Wildman–Crippen LogP) is 3.66. The van der Waals surface area contributed by atoms with Gasteiger partial charge in [0.2, 0.25) is 0 Å². The van der Waals surface area contributed by atoms with Crippen molar-refractivity contribution in [2.75, 3.05) is 13.7 Å². The van der Waals surface area contributed by atoms with Crippen LogP contribution < -0.4 is 0 Å². The number of rotatable bonds is 2. The molecule has 1 aromatic rings. The summed E-state index contributed by atoms with van der Waals surface area (Å²) < 4.78 is 38.1. The Morgan fingerprint density at radius 2 is 2.00 bits per heavy atom. The minimum atomic E-state index is -0.900. The number of hydrogen-bond acceptors (Lipinski definition) is 3. The van der Waals surface area contributed by atoms with Gasteiger partial charge in [0.05, 0.1) is 0 Å². The molecule has 1 aliphatic rings. The fraction of sp³-hybridized carbons (Fsp3) is 0.562. The van der Waals surface area contributed by atoms with Crippen LogP contribution in [0.4, 0.5) is 13.6 Å². The Bertz CT molecular complexity index is 557. The summed E-state index contributed by atoms with van der Waals surface area (Å²) in [6, 6.07) is 4.05. The second kappa shape index (κ2) is 6.20. The molecular weight excluding hydrogens is 292 g/mol. The zero-order valence-corrected chi connectivity index (χ0v) is 13.2. The Hall–Kier alpha value is -1.69. The molecule has 0 aliphatic carbocycles. The van der Waals surface area contributed by atoms with Crippen molar-refractivity contribution in [2.24, 2.45) is 0 Å². The van der Waals surface area contributed by atoms with E-state index < -0.39 is 35.5 Å². The van der Waals surface area contributed by atoms with Crippen LogP contribution in [-0.4, -0.2) is 36.5 Å². The van der Waals surface area contributed by atoms with Crippen LogP contribution in [0.2, 0.25) is 0 Å². The molecular formula is C16H21F2NO3. The standard InChI is InChI=1S/C16H21F2NO3/c1-16(2,3)22-15(20)19-9-8-11(14(19)21-4)10-6-5-7-12(17)13(10)18/h5-7,11,14H,8-9H2,1-4H3/t11?,14-/m0/s1. The average molecular weight is 313 g/mol. The van der Waals surface area contributed by atoms with Gasteiger partial charge in [0.1, 0.15) is 11.8 Å². The van der Waals surface area contributed by atoms with Crippen molar-refractivity contribution < 1.29 is 23.0 Å². The van der Waals surface area contributed by atoms with E-state index in [-0.39, 0.29) is 5.56 Å². The van der Waals surface area contributed by atoms with E-state index in [1.165, 1.54) is 24.1 Å². The van der Waals surface area contributed by atoms with Gasteiger partial charge in [-0.3, -0.25) is 4.90 Å². The minimum absolute atomic E-state index is 0.220. The van der Waals surface area contributed by atoms with Crippen LogP contribution in [-0.2, 0) is 9.47 Å². The monoisotopic (exact) mass is 313 g/mol.